The highest BCUT2D eigenvalue weighted by Gasteiger charge is 2.20. The van der Waals surface area contributed by atoms with E-state index >= 15 is 0 Å². The van der Waals surface area contributed by atoms with Gasteiger partial charge in [0.25, 0.3) is 0 Å². The molecule has 0 fully saturated rings. The quantitative estimate of drug-likeness (QED) is 0.301. The normalized spacial score (nSPS) is 11.2. The minimum atomic E-state index is 0.450. The summed E-state index contributed by atoms with van der Waals surface area (Å²) in [5, 5.41) is 18.5. The number of furan rings is 1. The lowest BCUT2D eigenvalue weighted by molar-refractivity contribution is 0.528. The number of hydrogen-bond acceptors (Lipinski definition) is 7. The van der Waals surface area contributed by atoms with Gasteiger partial charge in [-0.15, -0.1) is 20.4 Å². The van der Waals surface area contributed by atoms with Crippen LogP contribution in [0.5, 0.6) is 0 Å². The molecule has 0 radical (unpaired) electrons. The van der Waals surface area contributed by atoms with Gasteiger partial charge in [0.1, 0.15) is 5.76 Å². The number of aromatic nitrogens is 5. The summed E-state index contributed by atoms with van der Waals surface area (Å²) in [5.41, 5.74) is 2.67. The minimum Gasteiger partial charge on any atom is -0.469 e. The second-order valence-corrected chi connectivity index (χ2v) is 8.04. The van der Waals surface area contributed by atoms with E-state index in [1.807, 2.05) is 60.0 Å². The summed E-state index contributed by atoms with van der Waals surface area (Å²) in [5.74, 6) is 2.90. The summed E-state index contributed by atoms with van der Waals surface area (Å²) in [4.78, 5) is 0. The molecule has 0 atom stereocenters. The molecule has 0 saturated carbocycles. The molecule has 2 aromatic carbocycles. The molecule has 0 aliphatic heterocycles. The maximum Gasteiger partial charge on any atom is 0.247 e. The Morgan fingerprint density at radius 1 is 0.935 bits per heavy atom. The molecule has 0 aliphatic carbocycles. The molecule has 5 rings (SSSR count). The fourth-order valence-corrected chi connectivity index (χ4v) is 4.03. The van der Waals surface area contributed by atoms with Crippen LogP contribution in [0.15, 0.2) is 80.9 Å². The lowest BCUT2D eigenvalue weighted by Gasteiger charge is -2.09. The molecule has 0 saturated heterocycles. The lowest BCUT2D eigenvalue weighted by atomic mass is 10.2. The number of benzene rings is 2. The van der Waals surface area contributed by atoms with Crippen LogP contribution >= 0.6 is 23.4 Å². The van der Waals surface area contributed by atoms with E-state index in [9.17, 15) is 0 Å². The maximum atomic E-state index is 5.94. The van der Waals surface area contributed by atoms with E-state index in [4.69, 9.17) is 20.4 Å². The highest BCUT2D eigenvalue weighted by Crippen LogP contribution is 2.31. The summed E-state index contributed by atoms with van der Waals surface area (Å²) in [7, 11) is 0. The second-order valence-electron chi connectivity index (χ2n) is 6.66. The van der Waals surface area contributed by atoms with E-state index in [2.05, 4.69) is 20.4 Å². The van der Waals surface area contributed by atoms with Crippen molar-refractivity contribution in [1.82, 2.24) is 25.0 Å². The summed E-state index contributed by atoms with van der Waals surface area (Å²) in [6.07, 6.45) is 1.65. The smallest absolute Gasteiger partial charge is 0.247 e. The van der Waals surface area contributed by atoms with Crippen molar-refractivity contribution >= 4 is 23.4 Å². The first-order chi connectivity index (χ1) is 15.2. The van der Waals surface area contributed by atoms with Gasteiger partial charge in [-0.05, 0) is 49.4 Å². The molecule has 9 heteroatoms. The summed E-state index contributed by atoms with van der Waals surface area (Å²) >= 11 is 7.42. The van der Waals surface area contributed by atoms with Gasteiger partial charge in [-0.3, -0.25) is 4.57 Å². The molecule has 0 N–H and O–H groups in total. The third-order valence-corrected chi connectivity index (χ3v) is 5.80. The highest BCUT2D eigenvalue weighted by molar-refractivity contribution is 7.98. The van der Waals surface area contributed by atoms with Gasteiger partial charge in [0.05, 0.1) is 17.6 Å². The monoisotopic (exact) mass is 449 g/mol. The van der Waals surface area contributed by atoms with Gasteiger partial charge in [-0.25, -0.2) is 0 Å². The molecule has 0 unspecified atom stereocenters. The van der Waals surface area contributed by atoms with E-state index < -0.39 is 0 Å². The van der Waals surface area contributed by atoms with Gasteiger partial charge in [0, 0.05) is 16.3 Å². The Labute approximate surface area is 187 Å². The molecule has 0 spiro atoms. The Kier molecular flexibility index (Phi) is 5.31. The van der Waals surface area contributed by atoms with Gasteiger partial charge < -0.3 is 8.83 Å². The summed E-state index contributed by atoms with van der Waals surface area (Å²) in [6, 6.07) is 19.1. The van der Waals surface area contributed by atoms with E-state index in [-0.39, 0.29) is 0 Å². The molecule has 0 aliphatic rings. The number of nitrogens with zero attached hydrogens (tertiary/aromatic N) is 5. The zero-order valence-electron chi connectivity index (χ0n) is 16.4. The van der Waals surface area contributed by atoms with E-state index in [1.165, 1.54) is 11.8 Å². The number of aryl methyl sites for hydroxylation is 1. The van der Waals surface area contributed by atoms with Crippen LogP contribution in [0.25, 0.3) is 28.5 Å². The van der Waals surface area contributed by atoms with Crippen LogP contribution in [0.1, 0.15) is 11.7 Å². The standard InChI is InChI=1S/C22H16ClN5O2S/c1-14-18(11-12-29-14)20-25-27-22(28(20)17-5-3-2-4-6-17)31-13-19-24-26-21(30-19)15-7-9-16(23)10-8-15/h2-12H,13H2,1H3. The van der Waals surface area contributed by atoms with Crippen LogP contribution in [0, 0.1) is 6.92 Å². The Hall–Kier alpha value is -3.36. The number of thioether (sulfide) groups is 1. The first-order valence-electron chi connectivity index (χ1n) is 9.45. The van der Waals surface area contributed by atoms with Gasteiger partial charge in [0.2, 0.25) is 11.8 Å². The predicted octanol–water partition coefficient (Wildman–Crippen LogP) is 5.83. The zero-order chi connectivity index (χ0) is 21.2. The number of para-hydroxylation sites is 1. The van der Waals surface area contributed by atoms with Crippen LogP contribution in [0.3, 0.4) is 0 Å². The highest BCUT2D eigenvalue weighted by atomic mass is 35.5. The molecule has 3 aromatic heterocycles. The van der Waals surface area contributed by atoms with Crippen LogP contribution in [0.4, 0.5) is 0 Å². The lowest BCUT2D eigenvalue weighted by Crippen LogP contribution is -1.99. The zero-order valence-corrected chi connectivity index (χ0v) is 18.0. The molecule has 154 valence electrons. The van der Waals surface area contributed by atoms with E-state index in [0.29, 0.717) is 33.5 Å². The van der Waals surface area contributed by atoms with Crippen molar-refractivity contribution in [3.05, 3.63) is 83.6 Å². The van der Waals surface area contributed by atoms with Gasteiger partial charge in [-0.2, -0.15) is 0 Å². The maximum absolute atomic E-state index is 5.94. The first kappa shape index (κ1) is 19.6. The van der Waals surface area contributed by atoms with E-state index in [1.54, 1.807) is 18.4 Å². The minimum absolute atomic E-state index is 0.450. The molecule has 0 bridgehead atoms. The molecular formula is C22H16ClN5O2S. The number of halogens is 1. The fourth-order valence-electron chi connectivity index (χ4n) is 3.11. The van der Waals surface area contributed by atoms with Crippen molar-refractivity contribution in [2.24, 2.45) is 0 Å². The van der Waals surface area contributed by atoms with Gasteiger partial charge >= 0.3 is 0 Å². The fraction of sp³-hybridized carbons (Fsp3) is 0.0909. The van der Waals surface area contributed by atoms with Gasteiger partial charge in [-0.1, -0.05) is 41.6 Å². The number of hydrogen-bond donors (Lipinski definition) is 0. The first-order valence-corrected chi connectivity index (χ1v) is 10.8. The summed E-state index contributed by atoms with van der Waals surface area (Å²) in [6.45, 7) is 1.91. The molecule has 31 heavy (non-hydrogen) atoms. The Balaban J connectivity index is 1.43. The molecule has 7 nitrogen and oxygen atoms in total. The third kappa shape index (κ3) is 3.99. The van der Waals surface area contributed by atoms with Crippen molar-refractivity contribution in [3.8, 4) is 28.5 Å². The van der Waals surface area contributed by atoms with Gasteiger partial charge in [0.15, 0.2) is 11.0 Å². The molecule has 3 heterocycles. The van der Waals surface area contributed by atoms with Crippen LogP contribution in [-0.4, -0.2) is 25.0 Å². The van der Waals surface area contributed by atoms with Crippen molar-refractivity contribution in [2.45, 2.75) is 17.8 Å². The van der Waals surface area contributed by atoms with Crippen molar-refractivity contribution in [2.75, 3.05) is 0 Å². The molecule has 5 aromatic rings. The average Bonchev–Trinajstić information content (AvgIpc) is 3.53. The van der Waals surface area contributed by atoms with Crippen LogP contribution in [0.2, 0.25) is 5.02 Å². The van der Waals surface area contributed by atoms with Crippen LogP contribution < -0.4 is 0 Å². The van der Waals surface area contributed by atoms with Crippen molar-refractivity contribution < 1.29 is 8.83 Å². The molecule has 0 amide bonds. The Bertz CT molecular complexity index is 1310. The topological polar surface area (TPSA) is 82.8 Å². The molecular weight excluding hydrogens is 434 g/mol. The number of rotatable bonds is 6. The Morgan fingerprint density at radius 3 is 2.48 bits per heavy atom. The second kappa shape index (κ2) is 8.41. The van der Waals surface area contributed by atoms with Crippen molar-refractivity contribution in [3.63, 3.8) is 0 Å². The van der Waals surface area contributed by atoms with Crippen LogP contribution in [-0.2, 0) is 5.75 Å². The Morgan fingerprint density at radius 2 is 1.74 bits per heavy atom. The third-order valence-electron chi connectivity index (χ3n) is 4.63. The largest absolute Gasteiger partial charge is 0.469 e. The van der Waals surface area contributed by atoms with Crippen molar-refractivity contribution in [1.29, 1.82) is 0 Å². The van der Waals surface area contributed by atoms with E-state index in [0.717, 1.165) is 22.6 Å². The predicted molar refractivity (Wildman–Crippen MR) is 118 cm³/mol. The SMILES string of the molecule is Cc1occc1-c1nnc(SCc2nnc(-c3ccc(Cl)cc3)o2)n1-c1ccccc1. The average molecular weight is 450 g/mol. The summed E-state index contributed by atoms with van der Waals surface area (Å²) < 4.78 is 13.3.